The monoisotopic (exact) mass is 254 g/mol. The van der Waals surface area contributed by atoms with Crippen LogP contribution in [-0.4, -0.2) is 22.8 Å². The number of aliphatic hydroxyl groups excluding tert-OH is 1. The van der Waals surface area contributed by atoms with Crippen LogP contribution in [0.25, 0.3) is 0 Å². The van der Waals surface area contributed by atoms with Gasteiger partial charge in [0, 0.05) is 13.0 Å². The van der Waals surface area contributed by atoms with E-state index >= 15 is 0 Å². The maximum atomic E-state index is 10.4. The fraction of sp³-hybridized carbons (Fsp3) is 0.933. The van der Waals surface area contributed by atoms with Gasteiger partial charge in [-0.15, -0.1) is 0 Å². The van der Waals surface area contributed by atoms with Gasteiger partial charge in [0.1, 0.15) is 0 Å². The average Bonchev–Trinajstić information content (AvgIpc) is 2.93. The first-order valence-corrected chi connectivity index (χ1v) is 7.55. The van der Waals surface area contributed by atoms with E-state index in [1.54, 1.807) is 0 Å². The topological polar surface area (TPSA) is 57.5 Å². The predicted molar refractivity (Wildman–Crippen MR) is 70.2 cm³/mol. The molecule has 0 spiro atoms. The van der Waals surface area contributed by atoms with Gasteiger partial charge >= 0.3 is 5.97 Å². The van der Waals surface area contributed by atoms with E-state index in [1.165, 1.54) is 32.1 Å². The lowest BCUT2D eigenvalue weighted by atomic mass is 9.77. The molecule has 3 nitrogen and oxygen atoms in total. The fourth-order valence-corrected chi connectivity index (χ4v) is 4.27. The van der Waals surface area contributed by atoms with Crippen LogP contribution < -0.4 is 0 Å². The Morgan fingerprint density at radius 1 is 1.00 bits per heavy atom. The van der Waals surface area contributed by atoms with Crippen molar-refractivity contribution >= 4 is 5.97 Å². The van der Waals surface area contributed by atoms with Crippen LogP contribution in [0.1, 0.15) is 57.8 Å². The fourth-order valence-electron chi connectivity index (χ4n) is 4.27. The van der Waals surface area contributed by atoms with E-state index in [1.807, 2.05) is 0 Å². The molecule has 0 aromatic rings. The number of unbranched alkanes of at least 4 members (excludes halogenated alkanes) is 3. The summed E-state index contributed by atoms with van der Waals surface area (Å²) in [4.78, 5) is 10.4. The Labute approximate surface area is 110 Å². The zero-order chi connectivity index (χ0) is 13.0. The summed E-state index contributed by atoms with van der Waals surface area (Å²) in [5.74, 6) is 2.34. The second kappa shape index (κ2) is 6.55. The largest absolute Gasteiger partial charge is 0.481 e. The molecule has 0 aromatic carbocycles. The van der Waals surface area contributed by atoms with Crippen LogP contribution in [0.2, 0.25) is 0 Å². The Bertz CT molecular complexity index is 277. The summed E-state index contributed by atoms with van der Waals surface area (Å²) < 4.78 is 0. The molecule has 2 fully saturated rings. The second-order valence-corrected chi connectivity index (χ2v) is 6.19. The smallest absolute Gasteiger partial charge is 0.303 e. The van der Waals surface area contributed by atoms with Gasteiger partial charge < -0.3 is 10.2 Å². The molecule has 0 unspecified atom stereocenters. The number of rotatable bonds is 8. The summed E-state index contributed by atoms with van der Waals surface area (Å²) in [5.41, 5.74) is 0. The van der Waals surface area contributed by atoms with Crippen molar-refractivity contribution in [3.8, 4) is 0 Å². The van der Waals surface area contributed by atoms with E-state index in [0.29, 0.717) is 18.9 Å². The summed E-state index contributed by atoms with van der Waals surface area (Å²) >= 11 is 0. The summed E-state index contributed by atoms with van der Waals surface area (Å²) in [5, 5.41) is 18.0. The van der Waals surface area contributed by atoms with Crippen LogP contribution in [0.5, 0.6) is 0 Å². The van der Waals surface area contributed by atoms with E-state index in [-0.39, 0.29) is 0 Å². The van der Waals surface area contributed by atoms with Gasteiger partial charge in [-0.3, -0.25) is 4.79 Å². The molecule has 4 atom stereocenters. The number of hydrogen-bond donors (Lipinski definition) is 2. The van der Waals surface area contributed by atoms with Crippen molar-refractivity contribution in [1.29, 1.82) is 0 Å². The van der Waals surface area contributed by atoms with Gasteiger partial charge in [-0.05, 0) is 55.8 Å². The molecule has 0 radical (unpaired) electrons. The van der Waals surface area contributed by atoms with Crippen molar-refractivity contribution < 1.29 is 15.0 Å². The Balaban J connectivity index is 1.60. The average molecular weight is 254 g/mol. The third kappa shape index (κ3) is 3.25. The van der Waals surface area contributed by atoms with Crippen molar-refractivity contribution in [2.75, 3.05) is 6.61 Å². The lowest BCUT2D eigenvalue weighted by Crippen LogP contribution is -2.25. The molecule has 2 bridgehead atoms. The summed E-state index contributed by atoms with van der Waals surface area (Å²) in [6, 6.07) is 0. The molecule has 104 valence electrons. The standard InChI is InChI=1S/C15H26O3/c16-10-14-12-8-7-11(9-12)13(14)5-3-1-2-4-6-15(17)18/h11-14,16H,1-10H2,(H,17,18)/t11-,12+,13-,14+/m1/s1. The molecule has 2 saturated carbocycles. The number of carboxylic acids is 1. The Kier molecular flexibility index (Phi) is 5.04. The van der Waals surface area contributed by atoms with Gasteiger partial charge in [0.25, 0.3) is 0 Å². The predicted octanol–water partition coefficient (Wildman–Crippen LogP) is 3.07. The molecular formula is C15H26O3. The van der Waals surface area contributed by atoms with Crippen molar-refractivity contribution in [2.45, 2.75) is 57.8 Å². The minimum absolute atomic E-state index is 0.313. The highest BCUT2D eigenvalue weighted by Crippen LogP contribution is 2.53. The molecule has 0 aromatic heterocycles. The molecule has 0 amide bonds. The molecule has 0 saturated heterocycles. The Morgan fingerprint density at radius 2 is 1.67 bits per heavy atom. The third-order valence-corrected chi connectivity index (χ3v) is 5.16. The molecular weight excluding hydrogens is 228 g/mol. The summed E-state index contributed by atoms with van der Waals surface area (Å²) in [6.45, 7) is 0.380. The van der Waals surface area contributed by atoms with E-state index in [9.17, 15) is 9.90 Å². The number of hydrogen-bond acceptors (Lipinski definition) is 2. The van der Waals surface area contributed by atoms with E-state index in [2.05, 4.69) is 0 Å². The molecule has 2 aliphatic rings. The van der Waals surface area contributed by atoms with E-state index in [0.717, 1.165) is 37.0 Å². The normalized spacial score (nSPS) is 34.1. The lowest BCUT2D eigenvalue weighted by Gasteiger charge is -2.29. The maximum absolute atomic E-state index is 10.4. The van der Waals surface area contributed by atoms with Crippen LogP contribution in [0.3, 0.4) is 0 Å². The minimum atomic E-state index is -0.677. The Morgan fingerprint density at radius 3 is 2.33 bits per heavy atom. The van der Waals surface area contributed by atoms with E-state index in [4.69, 9.17) is 5.11 Å². The highest BCUT2D eigenvalue weighted by Gasteiger charge is 2.46. The number of aliphatic carboxylic acids is 1. The number of aliphatic hydroxyl groups is 1. The maximum Gasteiger partial charge on any atom is 0.303 e. The van der Waals surface area contributed by atoms with Crippen LogP contribution in [0, 0.1) is 23.7 Å². The molecule has 0 aliphatic heterocycles. The number of fused-ring (bicyclic) bond motifs is 2. The summed E-state index contributed by atoms with van der Waals surface area (Å²) in [6.07, 6.45) is 9.85. The second-order valence-electron chi connectivity index (χ2n) is 6.19. The molecule has 3 heteroatoms. The van der Waals surface area contributed by atoms with Crippen molar-refractivity contribution in [2.24, 2.45) is 23.7 Å². The van der Waals surface area contributed by atoms with Crippen LogP contribution >= 0.6 is 0 Å². The van der Waals surface area contributed by atoms with Crippen LogP contribution in [-0.2, 0) is 4.79 Å². The van der Waals surface area contributed by atoms with Crippen molar-refractivity contribution in [3.63, 3.8) is 0 Å². The first-order chi connectivity index (χ1) is 8.72. The highest BCUT2D eigenvalue weighted by molar-refractivity contribution is 5.66. The van der Waals surface area contributed by atoms with Gasteiger partial charge in [-0.1, -0.05) is 19.3 Å². The zero-order valence-electron chi connectivity index (χ0n) is 11.2. The van der Waals surface area contributed by atoms with Crippen LogP contribution in [0.4, 0.5) is 0 Å². The SMILES string of the molecule is O=C(O)CCCCCC[C@@H]1[C@@H]2CC[C@@H](C2)[C@@H]1CO. The molecule has 0 heterocycles. The number of carbonyl (C=O) groups is 1. The molecule has 18 heavy (non-hydrogen) atoms. The Hall–Kier alpha value is -0.570. The summed E-state index contributed by atoms with van der Waals surface area (Å²) in [7, 11) is 0. The first-order valence-electron chi connectivity index (χ1n) is 7.55. The zero-order valence-corrected chi connectivity index (χ0v) is 11.2. The first kappa shape index (κ1) is 13.9. The van der Waals surface area contributed by atoms with Crippen LogP contribution in [0.15, 0.2) is 0 Å². The van der Waals surface area contributed by atoms with E-state index < -0.39 is 5.97 Å². The highest BCUT2D eigenvalue weighted by atomic mass is 16.4. The van der Waals surface area contributed by atoms with Crippen molar-refractivity contribution in [3.05, 3.63) is 0 Å². The van der Waals surface area contributed by atoms with Gasteiger partial charge in [0.05, 0.1) is 0 Å². The third-order valence-electron chi connectivity index (χ3n) is 5.16. The molecule has 2 aliphatic carbocycles. The van der Waals surface area contributed by atoms with Gasteiger partial charge in [-0.25, -0.2) is 0 Å². The quantitative estimate of drug-likeness (QED) is 0.654. The van der Waals surface area contributed by atoms with Gasteiger partial charge in [0.15, 0.2) is 0 Å². The van der Waals surface area contributed by atoms with Gasteiger partial charge in [0.2, 0.25) is 0 Å². The molecule has 2 rings (SSSR count). The molecule has 2 N–H and O–H groups in total. The van der Waals surface area contributed by atoms with Crippen molar-refractivity contribution in [1.82, 2.24) is 0 Å². The lowest BCUT2D eigenvalue weighted by molar-refractivity contribution is -0.137. The van der Waals surface area contributed by atoms with Gasteiger partial charge in [-0.2, -0.15) is 0 Å². The minimum Gasteiger partial charge on any atom is -0.481 e. The number of carboxylic acid groups (broad SMARTS) is 1.